The summed E-state index contributed by atoms with van der Waals surface area (Å²) in [5.74, 6) is -0.590. The number of nitrogens with zero attached hydrogens (tertiary/aromatic N) is 1. The zero-order valence-corrected chi connectivity index (χ0v) is 21.4. The third-order valence-corrected chi connectivity index (χ3v) is 7.13. The van der Waals surface area contributed by atoms with Crippen LogP contribution in [0.4, 0.5) is 11.4 Å². The molecule has 0 bridgehead atoms. The first-order valence-electron chi connectivity index (χ1n) is 12.1. The number of benzene rings is 4. The summed E-state index contributed by atoms with van der Waals surface area (Å²) in [5, 5.41) is 5.53. The van der Waals surface area contributed by atoms with Crippen LogP contribution in [-0.4, -0.2) is 23.1 Å². The highest BCUT2D eigenvalue weighted by molar-refractivity contribution is 8.00. The largest absolute Gasteiger partial charge is 0.341 e. The summed E-state index contributed by atoms with van der Waals surface area (Å²) in [6, 6.07) is 31.6. The summed E-state index contributed by atoms with van der Waals surface area (Å²) in [5.41, 5.74) is 4.17. The van der Waals surface area contributed by atoms with Crippen LogP contribution in [0.3, 0.4) is 0 Å². The standard InChI is InChI=1S/C31H25N3O3S/c1-21(35)32-29-19-20-34(27-13-7-8-14-28(27)38-29)31(37)23-15-17-24(18-16-23)33-30(36)26-12-6-5-11-25(26)22-9-3-2-4-10-22/h2-20,29H,1H3,(H,32,35)(H,33,36). The Morgan fingerprint density at radius 3 is 2.24 bits per heavy atom. The van der Waals surface area contributed by atoms with Crippen LogP contribution >= 0.6 is 11.8 Å². The normalized spacial score (nSPS) is 14.2. The molecule has 0 saturated heterocycles. The van der Waals surface area contributed by atoms with Gasteiger partial charge >= 0.3 is 0 Å². The van der Waals surface area contributed by atoms with Gasteiger partial charge in [-0.05, 0) is 59.7 Å². The highest BCUT2D eigenvalue weighted by Crippen LogP contribution is 2.36. The minimum absolute atomic E-state index is 0.145. The maximum Gasteiger partial charge on any atom is 0.262 e. The van der Waals surface area contributed by atoms with E-state index in [1.54, 1.807) is 47.5 Å². The van der Waals surface area contributed by atoms with E-state index in [9.17, 15) is 14.4 Å². The van der Waals surface area contributed by atoms with Crippen LogP contribution in [0.5, 0.6) is 0 Å². The van der Waals surface area contributed by atoms with Gasteiger partial charge in [0.05, 0.1) is 11.1 Å². The van der Waals surface area contributed by atoms with Crippen molar-refractivity contribution in [1.29, 1.82) is 0 Å². The lowest BCUT2D eigenvalue weighted by Crippen LogP contribution is -2.28. The van der Waals surface area contributed by atoms with Gasteiger partial charge in [-0.25, -0.2) is 0 Å². The van der Waals surface area contributed by atoms with Crippen molar-refractivity contribution in [2.24, 2.45) is 0 Å². The minimum Gasteiger partial charge on any atom is -0.341 e. The Kier molecular flexibility index (Phi) is 7.38. The molecule has 0 fully saturated rings. The highest BCUT2D eigenvalue weighted by atomic mass is 32.2. The van der Waals surface area contributed by atoms with E-state index in [2.05, 4.69) is 10.6 Å². The molecule has 0 aliphatic carbocycles. The molecule has 0 spiro atoms. The van der Waals surface area contributed by atoms with Crippen LogP contribution in [0, 0.1) is 0 Å². The van der Waals surface area contributed by atoms with Crippen molar-refractivity contribution >= 4 is 40.9 Å². The van der Waals surface area contributed by atoms with E-state index in [1.807, 2.05) is 72.8 Å². The second-order valence-corrected chi connectivity index (χ2v) is 9.85. The van der Waals surface area contributed by atoms with Crippen molar-refractivity contribution in [3.05, 3.63) is 127 Å². The molecular weight excluding hydrogens is 494 g/mol. The van der Waals surface area contributed by atoms with E-state index in [0.29, 0.717) is 16.8 Å². The number of nitrogens with one attached hydrogen (secondary N) is 2. The van der Waals surface area contributed by atoms with Gasteiger partial charge in [-0.3, -0.25) is 19.3 Å². The number of para-hydroxylation sites is 1. The molecule has 6 nitrogen and oxygen atoms in total. The third-order valence-electron chi connectivity index (χ3n) is 6.00. The van der Waals surface area contributed by atoms with Gasteiger partial charge in [0, 0.05) is 34.8 Å². The summed E-state index contributed by atoms with van der Waals surface area (Å²) in [6.07, 6.45) is 3.49. The topological polar surface area (TPSA) is 78.5 Å². The van der Waals surface area contributed by atoms with Gasteiger partial charge in [-0.15, -0.1) is 0 Å². The number of rotatable bonds is 5. The van der Waals surface area contributed by atoms with Crippen molar-refractivity contribution in [2.45, 2.75) is 17.2 Å². The number of anilines is 2. The second-order valence-electron chi connectivity index (χ2n) is 8.67. The summed E-state index contributed by atoms with van der Waals surface area (Å²) < 4.78 is 0. The van der Waals surface area contributed by atoms with Crippen molar-refractivity contribution in [1.82, 2.24) is 5.32 Å². The lowest BCUT2D eigenvalue weighted by molar-refractivity contribution is -0.118. The van der Waals surface area contributed by atoms with Gasteiger partial charge in [0.15, 0.2) is 0 Å². The fraction of sp³-hybridized carbons (Fsp3) is 0.0645. The zero-order valence-electron chi connectivity index (χ0n) is 20.6. The average Bonchev–Trinajstić information content (AvgIpc) is 3.12. The van der Waals surface area contributed by atoms with Gasteiger partial charge in [0.1, 0.15) is 0 Å². The van der Waals surface area contributed by atoms with Crippen molar-refractivity contribution < 1.29 is 14.4 Å². The Bertz CT molecular complexity index is 1520. The van der Waals surface area contributed by atoms with Crippen LogP contribution in [-0.2, 0) is 4.79 Å². The average molecular weight is 520 g/mol. The molecule has 1 heterocycles. The van der Waals surface area contributed by atoms with Gasteiger partial charge in [-0.1, -0.05) is 72.4 Å². The van der Waals surface area contributed by atoms with E-state index in [-0.39, 0.29) is 23.1 Å². The zero-order chi connectivity index (χ0) is 26.5. The summed E-state index contributed by atoms with van der Waals surface area (Å²) >= 11 is 1.47. The van der Waals surface area contributed by atoms with Crippen LogP contribution in [0.1, 0.15) is 27.6 Å². The summed E-state index contributed by atoms with van der Waals surface area (Å²) in [6.45, 7) is 1.47. The number of carbonyl (C=O) groups excluding carboxylic acids is 3. The molecule has 0 aromatic heterocycles. The molecule has 0 radical (unpaired) electrons. The maximum atomic E-state index is 13.5. The first-order chi connectivity index (χ1) is 18.5. The number of carbonyl (C=O) groups is 3. The SMILES string of the molecule is CC(=O)NC1C=CN(C(=O)c2ccc(NC(=O)c3ccccc3-c3ccccc3)cc2)c2ccccc2S1. The smallest absolute Gasteiger partial charge is 0.262 e. The molecule has 3 amide bonds. The molecule has 188 valence electrons. The number of thioether (sulfide) groups is 1. The summed E-state index contributed by atoms with van der Waals surface area (Å²) in [4.78, 5) is 40.7. The maximum absolute atomic E-state index is 13.5. The Labute approximate surface area is 225 Å². The predicted molar refractivity (Wildman–Crippen MR) is 152 cm³/mol. The Hall–Kier alpha value is -4.62. The quantitative estimate of drug-likeness (QED) is 0.323. The predicted octanol–water partition coefficient (Wildman–Crippen LogP) is 6.33. The van der Waals surface area contributed by atoms with Crippen LogP contribution < -0.4 is 15.5 Å². The lowest BCUT2D eigenvalue weighted by Gasteiger charge is -2.20. The van der Waals surface area contributed by atoms with E-state index >= 15 is 0 Å². The fourth-order valence-electron chi connectivity index (χ4n) is 4.22. The molecule has 4 aromatic carbocycles. The molecular formula is C31H25N3O3S. The number of hydrogen-bond acceptors (Lipinski definition) is 4. The lowest BCUT2D eigenvalue weighted by atomic mass is 9.99. The van der Waals surface area contributed by atoms with Gasteiger partial charge in [0.2, 0.25) is 5.91 Å². The van der Waals surface area contributed by atoms with Gasteiger partial charge in [0.25, 0.3) is 11.8 Å². The van der Waals surface area contributed by atoms with Gasteiger partial charge in [-0.2, -0.15) is 0 Å². The molecule has 1 atom stereocenters. The van der Waals surface area contributed by atoms with Crippen molar-refractivity contribution in [3.63, 3.8) is 0 Å². The van der Waals surface area contributed by atoms with Crippen LogP contribution in [0.15, 0.2) is 120 Å². The summed E-state index contributed by atoms with van der Waals surface area (Å²) in [7, 11) is 0. The Balaban J connectivity index is 1.35. The molecule has 5 rings (SSSR count). The molecule has 1 unspecified atom stereocenters. The van der Waals surface area contributed by atoms with E-state index in [4.69, 9.17) is 0 Å². The number of fused-ring (bicyclic) bond motifs is 1. The molecule has 1 aliphatic heterocycles. The van der Waals surface area contributed by atoms with Crippen LogP contribution in [0.2, 0.25) is 0 Å². The van der Waals surface area contributed by atoms with E-state index < -0.39 is 0 Å². The first kappa shape index (κ1) is 25.0. The second kappa shape index (κ2) is 11.2. The molecule has 4 aromatic rings. The van der Waals surface area contributed by atoms with Crippen molar-refractivity contribution in [3.8, 4) is 11.1 Å². The third kappa shape index (κ3) is 5.53. The highest BCUT2D eigenvalue weighted by Gasteiger charge is 2.23. The van der Waals surface area contributed by atoms with E-state index in [1.165, 1.54) is 18.7 Å². The van der Waals surface area contributed by atoms with E-state index in [0.717, 1.165) is 21.7 Å². The number of hydrogen-bond donors (Lipinski definition) is 2. The molecule has 38 heavy (non-hydrogen) atoms. The fourth-order valence-corrected chi connectivity index (χ4v) is 5.31. The Morgan fingerprint density at radius 2 is 1.47 bits per heavy atom. The van der Waals surface area contributed by atoms with Crippen molar-refractivity contribution in [2.75, 3.05) is 10.2 Å². The Morgan fingerprint density at radius 1 is 0.789 bits per heavy atom. The first-order valence-corrected chi connectivity index (χ1v) is 13.0. The minimum atomic E-state index is -0.289. The number of amides is 3. The molecule has 1 aliphatic rings. The molecule has 2 N–H and O–H groups in total. The van der Waals surface area contributed by atoms with Crippen LogP contribution in [0.25, 0.3) is 11.1 Å². The molecule has 0 saturated carbocycles. The molecule has 7 heteroatoms. The van der Waals surface area contributed by atoms with Gasteiger partial charge < -0.3 is 10.6 Å². The monoisotopic (exact) mass is 519 g/mol.